The number of rotatable bonds is 11. The highest BCUT2D eigenvalue weighted by molar-refractivity contribution is 7.91. The first kappa shape index (κ1) is 27.9. The smallest absolute Gasteiger partial charge is 0.245 e. The summed E-state index contributed by atoms with van der Waals surface area (Å²) >= 11 is 1.11. The molecule has 0 radical (unpaired) electrons. The molecule has 2 aromatic carbocycles. The SMILES string of the molecule is CC(C)(O)CCC(=O)c1ccc(-c2ccc3nc(C(C(=O)NCC(=O)NC4CC4)S(C)(=O)=O)sc3c2)cc1. The number of fused-ring (bicyclic) bond motifs is 1. The van der Waals surface area contributed by atoms with E-state index < -0.39 is 26.6 Å². The predicted molar refractivity (Wildman–Crippen MR) is 147 cm³/mol. The number of Topliss-reactive ketones (excluding diaryl/α,β-unsaturated/α-hetero) is 1. The molecule has 0 saturated heterocycles. The maximum absolute atomic E-state index is 12.8. The lowest BCUT2D eigenvalue weighted by atomic mass is 9.96. The molecule has 1 aliphatic rings. The van der Waals surface area contributed by atoms with E-state index in [0.29, 0.717) is 22.2 Å². The second-order valence-electron chi connectivity index (χ2n) is 10.3. The summed E-state index contributed by atoms with van der Waals surface area (Å²) in [4.78, 5) is 41.6. The minimum atomic E-state index is -3.86. The van der Waals surface area contributed by atoms with Crippen molar-refractivity contribution in [2.45, 2.75) is 56.4 Å². The molecule has 1 aromatic heterocycles. The molecule has 1 aliphatic carbocycles. The van der Waals surface area contributed by atoms with E-state index in [4.69, 9.17) is 0 Å². The van der Waals surface area contributed by atoms with Gasteiger partial charge in [-0.1, -0.05) is 30.3 Å². The summed E-state index contributed by atoms with van der Waals surface area (Å²) in [6.45, 7) is 3.04. The summed E-state index contributed by atoms with van der Waals surface area (Å²) in [5, 5.41) is 13.6. The molecule has 2 amide bonds. The van der Waals surface area contributed by atoms with Crippen molar-refractivity contribution in [3.05, 3.63) is 53.0 Å². The van der Waals surface area contributed by atoms with E-state index in [1.807, 2.05) is 24.3 Å². The van der Waals surface area contributed by atoms with E-state index in [0.717, 1.165) is 41.6 Å². The van der Waals surface area contributed by atoms with Gasteiger partial charge in [-0.05, 0) is 56.4 Å². The number of amides is 2. The Morgan fingerprint density at radius 3 is 2.37 bits per heavy atom. The van der Waals surface area contributed by atoms with Gasteiger partial charge in [0.1, 0.15) is 5.01 Å². The van der Waals surface area contributed by atoms with Crippen molar-refractivity contribution in [3.8, 4) is 11.1 Å². The topological polar surface area (TPSA) is 143 Å². The van der Waals surface area contributed by atoms with Crippen LogP contribution in [0.1, 0.15) is 60.1 Å². The molecule has 38 heavy (non-hydrogen) atoms. The van der Waals surface area contributed by atoms with Crippen LogP contribution in [0.5, 0.6) is 0 Å². The summed E-state index contributed by atoms with van der Waals surface area (Å²) in [6, 6.07) is 12.8. The van der Waals surface area contributed by atoms with Crippen LogP contribution in [0.2, 0.25) is 0 Å². The number of thiazole rings is 1. The number of carbonyl (C=O) groups excluding carboxylic acids is 3. The monoisotopic (exact) mass is 557 g/mol. The number of nitrogens with one attached hydrogen (secondary N) is 2. The number of hydrogen-bond acceptors (Lipinski definition) is 8. The number of ketones is 1. The summed E-state index contributed by atoms with van der Waals surface area (Å²) in [5.41, 5.74) is 1.92. The van der Waals surface area contributed by atoms with Crippen LogP contribution in [0, 0.1) is 0 Å². The van der Waals surface area contributed by atoms with E-state index in [-0.39, 0.29) is 35.7 Å². The molecular weight excluding hydrogens is 526 g/mol. The molecule has 202 valence electrons. The Morgan fingerprint density at radius 2 is 1.76 bits per heavy atom. The van der Waals surface area contributed by atoms with E-state index >= 15 is 0 Å². The molecule has 4 rings (SSSR count). The maximum atomic E-state index is 12.8. The molecule has 1 unspecified atom stereocenters. The van der Waals surface area contributed by atoms with Crippen molar-refractivity contribution < 1.29 is 27.9 Å². The van der Waals surface area contributed by atoms with E-state index in [9.17, 15) is 27.9 Å². The van der Waals surface area contributed by atoms with Gasteiger partial charge in [-0.2, -0.15) is 0 Å². The fourth-order valence-electron chi connectivity index (χ4n) is 3.90. The van der Waals surface area contributed by atoms with Gasteiger partial charge in [-0.3, -0.25) is 14.4 Å². The minimum absolute atomic E-state index is 0.0451. The lowest BCUT2D eigenvalue weighted by molar-refractivity contribution is -0.126. The maximum Gasteiger partial charge on any atom is 0.245 e. The number of aliphatic hydroxyl groups is 1. The summed E-state index contributed by atoms with van der Waals surface area (Å²) in [6.07, 6.45) is 3.41. The van der Waals surface area contributed by atoms with E-state index in [1.165, 1.54) is 0 Å². The third-order valence-corrected chi connectivity index (χ3v) is 8.69. The summed E-state index contributed by atoms with van der Waals surface area (Å²) < 4.78 is 25.8. The molecule has 3 N–H and O–H groups in total. The van der Waals surface area contributed by atoms with Gasteiger partial charge in [0.15, 0.2) is 20.9 Å². The van der Waals surface area contributed by atoms with Crippen LogP contribution in [0.15, 0.2) is 42.5 Å². The van der Waals surface area contributed by atoms with Crippen molar-refractivity contribution in [1.29, 1.82) is 0 Å². The average Bonchev–Trinajstić information content (AvgIpc) is 3.55. The number of carbonyl (C=O) groups is 3. The number of nitrogens with zero attached hydrogens (tertiary/aromatic N) is 1. The van der Waals surface area contributed by atoms with Crippen LogP contribution in [0.25, 0.3) is 21.3 Å². The van der Waals surface area contributed by atoms with Crippen LogP contribution in [-0.4, -0.2) is 60.5 Å². The van der Waals surface area contributed by atoms with Crippen LogP contribution in [0.3, 0.4) is 0 Å². The second kappa shape index (κ2) is 10.9. The Hall–Kier alpha value is -3.15. The third-order valence-electron chi connectivity index (χ3n) is 6.17. The Balaban J connectivity index is 1.51. The standard InChI is InChI=1S/C27H31N3O6S2/c1-27(2,34)13-12-21(31)17-6-4-16(5-7-17)18-8-11-20-22(14-18)37-26(30-20)24(38(3,35)36)25(33)28-15-23(32)29-19-9-10-19/h4-8,11,14,19,24,34H,9-10,12-13,15H2,1-3H3,(H,28,33)(H,29,32). The summed E-state index contributed by atoms with van der Waals surface area (Å²) in [7, 11) is -3.86. The van der Waals surface area contributed by atoms with Crippen LogP contribution < -0.4 is 10.6 Å². The Morgan fingerprint density at radius 1 is 1.11 bits per heavy atom. The zero-order chi connectivity index (χ0) is 27.7. The number of aromatic nitrogens is 1. The van der Waals surface area contributed by atoms with Crippen LogP contribution in [0.4, 0.5) is 0 Å². The van der Waals surface area contributed by atoms with Gasteiger partial charge in [0, 0.05) is 24.3 Å². The molecule has 1 fully saturated rings. The van der Waals surface area contributed by atoms with Crippen molar-refractivity contribution in [2.24, 2.45) is 0 Å². The Kier molecular flexibility index (Phi) is 8.01. The first-order valence-corrected chi connectivity index (χ1v) is 15.1. The lowest BCUT2D eigenvalue weighted by Gasteiger charge is -2.15. The molecule has 11 heteroatoms. The number of hydrogen-bond donors (Lipinski definition) is 3. The van der Waals surface area contributed by atoms with Gasteiger partial charge < -0.3 is 15.7 Å². The summed E-state index contributed by atoms with van der Waals surface area (Å²) in [5.74, 6) is -1.19. The molecule has 0 spiro atoms. The molecule has 1 atom stereocenters. The van der Waals surface area contributed by atoms with Crippen molar-refractivity contribution >= 4 is 49.0 Å². The zero-order valence-electron chi connectivity index (χ0n) is 21.5. The quantitative estimate of drug-likeness (QED) is 0.307. The van der Waals surface area contributed by atoms with Crippen LogP contribution >= 0.6 is 11.3 Å². The molecule has 0 aliphatic heterocycles. The molecule has 0 bridgehead atoms. The predicted octanol–water partition coefficient (Wildman–Crippen LogP) is 3.18. The highest BCUT2D eigenvalue weighted by Crippen LogP contribution is 2.33. The van der Waals surface area contributed by atoms with Crippen molar-refractivity contribution in [2.75, 3.05) is 12.8 Å². The van der Waals surface area contributed by atoms with Gasteiger partial charge in [0.25, 0.3) is 0 Å². The van der Waals surface area contributed by atoms with Gasteiger partial charge in [0.05, 0.1) is 22.4 Å². The fourth-order valence-corrected chi connectivity index (χ4v) is 6.45. The highest BCUT2D eigenvalue weighted by Gasteiger charge is 2.34. The molecule has 1 heterocycles. The molecule has 3 aromatic rings. The Labute approximate surface area is 225 Å². The van der Waals surface area contributed by atoms with Crippen molar-refractivity contribution in [3.63, 3.8) is 0 Å². The van der Waals surface area contributed by atoms with Crippen LogP contribution in [-0.2, 0) is 19.4 Å². The highest BCUT2D eigenvalue weighted by atomic mass is 32.2. The van der Waals surface area contributed by atoms with Gasteiger partial charge in [0.2, 0.25) is 11.8 Å². The second-order valence-corrected chi connectivity index (χ2v) is 13.5. The first-order valence-electron chi connectivity index (χ1n) is 12.3. The first-order chi connectivity index (χ1) is 17.8. The third kappa shape index (κ3) is 7.24. The average molecular weight is 558 g/mol. The normalized spacial score (nSPS) is 14.7. The number of benzene rings is 2. The molecular formula is C27H31N3O6S2. The van der Waals surface area contributed by atoms with Gasteiger partial charge in [-0.15, -0.1) is 11.3 Å². The number of sulfone groups is 1. The lowest BCUT2D eigenvalue weighted by Crippen LogP contribution is -2.41. The molecule has 1 saturated carbocycles. The van der Waals surface area contributed by atoms with E-state index in [1.54, 1.807) is 32.0 Å². The largest absolute Gasteiger partial charge is 0.390 e. The van der Waals surface area contributed by atoms with E-state index in [2.05, 4.69) is 15.6 Å². The minimum Gasteiger partial charge on any atom is -0.390 e. The fraction of sp³-hybridized carbons (Fsp3) is 0.407. The van der Waals surface area contributed by atoms with Gasteiger partial charge >= 0.3 is 0 Å². The van der Waals surface area contributed by atoms with Gasteiger partial charge in [-0.25, -0.2) is 13.4 Å². The Bertz CT molecular complexity index is 1470. The molecule has 9 nitrogen and oxygen atoms in total. The zero-order valence-corrected chi connectivity index (χ0v) is 23.1. The van der Waals surface area contributed by atoms with Crippen molar-refractivity contribution in [1.82, 2.24) is 15.6 Å².